The topological polar surface area (TPSA) is 65.1 Å². The molecule has 8 heteroatoms. The molecule has 1 aliphatic rings. The Balaban J connectivity index is 1.45. The van der Waals surface area contributed by atoms with Crippen molar-refractivity contribution in [1.82, 2.24) is 4.90 Å². The molecule has 3 rings (SSSR count). The van der Waals surface area contributed by atoms with Crippen molar-refractivity contribution in [2.24, 2.45) is 0 Å². The standard InChI is InChI=1S/C22H24ClNO5S/c1-27-19-11-15-7-9-24(13-16(15)12-20(19)28-2)21(25)14-29-22(26)8-10-30-18-5-3-17(23)4-6-18/h3-6,11-12H,7-10,13-14H2,1-2H3. The summed E-state index contributed by atoms with van der Waals surface area (Å²) in [6.07, 6.45) is 0.952. The lowest BCUT2D eigenvalue weighted by atomic mass is 9.99. The molecule has 0 radical (unpaired) electrons. The molecular formula is C22H24ClNO5S. The van der Waals surface area contributed by atoms with Crippen LogP contribution in [0.5, 0.6) is 11.5 Å². The third-order valence-electron chi connectivity index (χ3n) is 4.82. The second kappa shape index (κ2) is 10.6. The molecular weight excluding hydrogens is 426 g/mol. The van der Waals surface area contributed by atoms with E-state index in [1.165, 1.54) is 0 Å². The number of hydrogen-bond acceptors (Lipinski definition) is 6. The maximum absolute atomic E-state index is 12.5. The first-order chi connectivity index (χ1) is 14.5. The zero-order chi connectivity index (χ0) is 21.5. The van der Waals surface area contributed by atoms with Crippen molar-refractivity contribution in [2.45, 2.75) is 24.3 Å². The summed E-state index contributed by atoms with van der Waals surface area (Å²) < 4.78 is 15.9. The predicted octanol–water partition coefficient (Wildman–Crippen LogP) is 3.97. The van der Waals surface area contributed by atoms with Crippen molar-refractivity contribution in [3.63, 3.8) is 0 Å². The van der Waals surface area contributed by atoms with E-state index in [2.05, 4.69) is 0 Å². The molecule has 6 nitrogen and oxygen atoms in total. The second-order valence-electron chi connectivity index (χ2n) is 6.75. The number of amides is 1. The van der Waals surface area contributed by atoms with E-state index in [1.807, 2.05) is 36.4 Å². The van der Waals surface area contributed by atoms with E-state index in [0.717, 1.165) is 16.0 Å². The number of halogens is 1. The second-order valence-corrected chi connectivity index (χ2v) is 8.36. The molecule has 30 heavy (non-hydrogen) atoms. The molecule has 0 fully saturated rings. The van der Waals surface area contributed by atoms with Crippen molar-refractivity contribution in [3.05, 3.63) is 52.5 Å². The number of carbonyl (C=O) groups excluding carboxylic acids is 2. The first-order valence-electron chi connectivity index (χ1n) is 9.55. The van der Waals surface area contributed by atoms with Gasteiger partial charge in [0.15, 0.2) is 18.1 Å². The van der Waals surface area contributed by atoms with Crippen LogP contribution >= 0.6 is 23.4 Å². The Hall–Kier alpha value is -2.38. The summed E-state index contributed by atoms with van der Waals surface area (Å²) in [5.74, 6) is 1.31. The van der Waals surface area contributed by atoms with Crippen LogP contribution in [0.1, 0.15) is 17.5 Å². The van der Waals surface area contributed by atoms with Gasteiger partial charge in [-0.15, -0.1) is 11.8 Å². The van der Waals surface area contributed by atoms with Crippen LogP contribution in [0.4, 0.5) is 0 Å². The number of ether oxygens (including phenoxy) is 3. The minimum atomic E-state index is -0.381. The summed E-state index contributed by atoms with van der Waals surface area (Å²) in [6, 6.07) is 11.3. The largest absolute Gasteiger partial charge is 0.493 e. The molecule has 0 spiro atoms. The molecule has 0 atom stereocenters. The van der Waals surface area contributed by atoms with Gasteiger partial charge in [0.05, 0.1) is 20.6 Å². The molecule has 0 saturated carbocycles. The van der Waals surface area contributed by atoms with E-state index in [-0.39, 0.29) is 24.9 Å². The number of benzene rings is 2. The van der Waals surface area contributed by atoms with Crippen LogP contribution < -0.4 is 9.47 Å². The van der Waals surface area contributed by atoms with E-state index in [9.17, 15) is 9.59 Å². The number of fused-ring (bicyclic) bond motifs is 1. The van der Waals surface area contributed by atoms with Gasteiger partial charge in [0, 0.05) is 28.8 Å². The van der Waals surface area contributed by atoms with Gasteiger partial charge < -0.3 is 19.1 Å². The number of thioether (sulfide) groups is 1. The lowest BCUT2D eigenvalue weighted by molar-refractivity contribution is -0.152. The third kappa shape index (κ3) is 5.83. The van der Waals surface area contributed by atoms with Crippen molar-refractivity contribution in [3.8, 4) is 11.5 Å². The van der Waals surface area contributed by atoms with Crippen LogP contribution in [0.25, 0.3) is 0 Å². The van der Waals surface area contributed by atoms with Crippen LogP contribution in [0.3, 0.4) is 0 Å². The van der Waals surface area contributed by atoms with Gasteiger partial charge in [0.2, 0.25) is 0 Å². The highest BCUT2D eigenvalue weighted by Crippen LogP contribution is 2.33. The molecule has 0 aromatic heterocycles. The number of esters is 1. The van der Waals surface area contributed by atoms with Gasteiger partial charge >= 0.3 is 5.97 Å². The number of nitrogens with zero attached hydrogens (tertiary/aromatic N) is 1. The smallest absolute Gasteiger partial charge is 0.307 e. The summed E-state index contributed by atoms with van der Waals surface area (Å²) in [6.45, 7) is 0.789. The molecule has 2 aromatic carbocycles. The Bertz CT molecular complexity index is 903. The summed E-state index contributed by atoms with van der Waals surface area (Å²) in [7, 11) is 3.19. The summed E-state index contributed by atoms with van der Waals surface area (Å²) in [5, 5.41) is 0.676. The van der Waals surface area contributed by atoms with Crippen LogP contribution in [0.2, 0.25) is 5.02 Å². The highest BCUT2D eigenvalue weighted by atomic mass is 35.5. The molecule has 1 aliphatic heterocycles. The zero-order valence-corrected chi connectivity index (χ0v) is 18.6. The monoisotopic (exact) mass is 449 g/mol. The van der Waals surface area contributed by atoms with Gasteiger partial charge in [-0.05, 0) is 53.9 Å². The first-order valence-corrected chi connectivity index (χ1v) is 10.9. The highest BCUT2D eigenvalue weighted by molar-refractivity contribution is 7.99. The van der Waals surface area contributed by atoms with E-state index in [0.29, 0.717) is 41.8 Å². The Morgan fingerprint density at radius 1 is 1.07 bits per heavy atom. The van der Waals surface area contributed by atoms with Crippen LogP contribution in [-0.4, -0.2) is 49.9 Å². The molecule has 0 bridgehead atoms. The van der Waals surface area contributed by atoms with Crippen LogP contribution in [-0.2, 0) is 27.3 Å². The SMILES string of the molecule is COc1cc2c(cc1OC)CN(C(=O)COC(=O)CCSc1ccc(Cl)cc1)CC2. The molecule has 1 heterocycles. The lowest BCUT2D eigenvalue weighted by Crippen LogP contribution is -2.38. The maximum Gasteiger partial charge on any atom is 0.307 e. The Kier molecular flexibility index (Phi) is 7.87. The van der Waals surface area contributed by atoms with Gasteiger partial charge in [-0.1, -0.05) is 11.6 Å². The zero-order valence-electron chi connectivity index (χ0n) is 17.0. The molecule has 0 unspecified atom stereocenters. The normalized spacial score (nSPS) is 12.8. The molecule has 2 aromatic rings. The molecule has 160 valence electrons. The Morgan fingerprint density at radius 2 is 1.73 bits per heavy atom. The van der Waals surface area contributed by atoms with Gasteiger partial charge in [-0.3, -0.25) is 9.59 Å². The van der Waals surface area contributed by atoms with Crippen molar-refractivity contribution in [1.29, 1.82) is 0 Å². The quantitative estimate of drug-likeness (QED) is 0.449. The number of carbonyl (C=O) groups is 2. The van der Waals surface area contributed by atoms with Crippen LogP contribution in [0, 0.1) is 0 Å². The molecule has 0 saturated heterocycles. The summed E-state index contributed by atoms with van der Waals surface area (Å²) in [4.78, 5) is 27.2. The van der Waals surface area contributed by atoms with Gasteiger partial charge in [0.1, 0.15) is 0 Å². The van der Waals surface area contributed by atoms with E-state index in [1.54, 1.807) is 30.9 Å². The summed E-state index contributed by atoms with van der Waals surface area (Å²) >= 11 is 7.40. The number of hydrogen-bond donors (Lipinski definition) is 0. The minimum absolute atomic E-state index is 0.200. The molecule has 1 amide bonds. The van der Waals surface area contributed by atoms with E-state index < -0.39 is 0 Å². The molecule has 0 N–H and O–H groups in total. The van der Waals surface area contributed by atoms with E-state index >= 15 is 0 Å². The fraction of sp³-hybridized carbons (Fsp3) is 0.364. The number of methoxy groups -OCH3 is 2. The number of rotatable bonds is 8. The Labute approximate surface area is 185 Å². The van der Waals surface area contributed by atoms with Crippen molar-refractivity contribution < 1.29 is 23.8 Å². The highest BCUT2D eigenvalue weighted by Gasteiger charge is 2.23. The predicted molar refractivity (Wildman–Crippen MR) is 116 cm³/mol. The molecule has 0 aliphatic carbocycles. The van der Waals surface area contributed by atoms with Gasteiger partial charge in [-0.2, -0.15) is 0 Å². The summed E-state index contributed by atoms with van der Waals surface area (Å²) in [5.41, 5.74) is 2.14. The third-order valence-corrected chi connectivity index (χ3v) is 6.08. The van der Waals surface area contributed by atoms with Crippen LogP contribution in [0.15, 0.2) is 41.3 Å². The lowest BCUT2D eigenvalue weighted by Gasteiger charge is -2.29. The Morgan fingerprint density at radius 3 is 2.40 bits per heavy atom. The maximum atomic E-state index is 12.5. The van der Waals surface area contributed by atoms with Crippen molar-refractivity contribution >= 4 is 35.2 Å². The van der Waals surface area contributed by atoms with E-state index in [4.69, 9.17) is 25.8 Å². The average Bonchev–Trinajstić information content (AvgIpc) is 2.77. The minimum Gasteiger partial charge on any atom is -0.493 e. The van der Waals surface area contributed by atoms with Gasteiger partial charge in [0.25, 0.3) is 5.91 Å². The fourth-order valence-corrected chi connectivity index (χ4v) is 4.14. The van der Waals surface area contributed by atoms with Gasteiger partial charge in [-0.25, -0.2) is 0 Å². The van der Waals surface area contributed by atoms with Crippen molar-refractivity contribution in [2.75, 3.05) is 33.1 Å². The average molecular weight is 450 g/mol. The first kappa shape index (κ1) is 22.3. The fourth-order valence-electron chi connectivity index (χ4n) is 3.18.